The Labute approximate surface area is 123 Å². The molecule has 0 bridgehead atoms. The number of rotatable bonds is 3. The van der Waals surface area contributed by atoms with Crippen molar-refractivity contribution >= 4 is 15.7 Å². The van der Waals surface area contributed by atoms with Gasteiger partial charge in [0.25, 0.3) is 10.0 Å². The second kappa shape index (κ2) is 5.46. The van der Waals surface area contributed by atoms with E-state index in [1.54, 1.807) is 6.92 Å². The molecule has 0 radical (unpaired) electrons. The first-order chi connectivity index (χ1) is 9.86. The molecule has 2 rings (SSSR count). The van der Waals surface area contributed by atoms with Gasteiger partial charge in [-0.1, -0.05) is 0 Å². The summed E-state index contributed by atoms with van der Waals surface area (Å²) in [4.78, 5) is 0.150. The summed E-state index contributed by atoms with van der Waals surface area (Å²) in [6.45, 7) is 1.65. The number of phenolic OH excluding ortho intramolecular Hbond substituents is 1. The molecule has 2 aromatic rings. The number of benzene rings is 2. The second-order valence-corrected chi connectivity index (χ2v) is 6.52. The number of nitrogens with zero attached hydrogens (tertiary/aromatic N) is 2. The van der Waals surface area contributed by atoms with Gasteiger partial charge in [-0.3, -0.25) is 4.31 Å². The fourth-order valence-corrected chi connectivity index (χ4v) is 3.36. The molecule has 0 saturated carbocycles. The van der Waals surface area contributed by atoms with Gasteiger partial charge in [0, 0.05) is 7.05 Å². The van der Waals surface area contributed by atoms with Crippen LogP contribution < -0.4 is 4.31 Å². The first-order valence-electron chi connectivity index (χ1n) is 6.15. The molecule has 0 aliphatic heterocycles. The van der Waals surface area contributed by atoms with E-state index in [1.165, 1.54) is 49.5 Å². The van der Waals surface area contributed by atoms with E-state index in [-0.39, 0.29) is 10.6 Å². The van der Waals surface area contributed by atoms with Crippen molar-refractivity contribution in [2.24, 2.45) is 0 Å². The quantitative estimate of drug-likeness (QED) is 0.944. The third-order valence-electron chi connectivity index (χ3n) is 3.16. The Morgan fingerprint density at radius 2 is 1.76 bits per heavy atom. The molecule has 0 fully saturated rings. The minimum Gasteiger partial charge on any atom is -0.508 e. The zero-order chi connectivity index (χ0) is 15.6. The average Bonchev–Trinajstić information content (AvgIpc) is 2.46. The largest absolute Gasteiger partial charge is 0.508 e. The van der Waals surface area contributed by atoms with Crippen LogP contribution in [0.1, 0.15) is 11.1 Å². The van der Waals surface area contributed by atoms with Gasteiger partial charge in [0.15, 0.2) is 0 Å². The van der Waals surface area contributed by atoms with Gasteiger partial charge >= 0.3 is 0 Å². The first kappa shape index (κ1) is 14.9. The van der Waals surface area contributed by atoms with Gasteiger partial charge in [0.05, 0.1) is 22.2 Å². The highest BCUT2D eigenvalue weighted by Gasteiger charge is 2.23. The van der Waals surface area contributed by atoms with Crippen LogP contribution >= 0.6 is 0 Å². The molecular weight excluding hydrogens is 288 g/mol. The van der Waals surface area contributed by atoms with Gasteiger partial charge in [-0.05, 0) is 55.0 Å². The maximum Gasteiger partial charge on any atom is 0.264 e. The van der Waals surface area contributed by atoms with E-state index >= 15 is 0 Å². The summed E-state index contributed by atoms with van der Waals surface area (Å²) in [5, 5.41) is 18.1. The van der Waals surface area contributed by atoms with E-state index in [0.717, 1.165) is 4.31 Å². The summed E-state index contributed by atoms with van der Waals surface area (Å²) in [5.74, 6) is 0.0686. The molecule has 108 valence electrons. The lowest BCUT2D eigenvalue weighted by atomic mass is 10.2. The second-order valence-electron chi connectivity index (χ2n) is 4.58. The topological polar surface area (TPSA) is 81.4 Å². The molecule has 0 unspecified atom stereocenters. The molecule has 5 nitrogen and oxygen atoms in total. The molecule has 0 heterocycles. The fraction of sp³-hybridized carbons (Fsp3) is 0.133. The number of phenols is 1. The van der Waals surface area contributed by atoms with E-state index < -0.39 is 10.0 Å². The molecule has 0 spiro atoms. The molecule has 0 atom stereocenters. The predicted molar refractivity (Wildman–Crippen MR) is 79.6 cm³/mol. The van der Waals surface area contributed by atoms with Crippen LogP contribution in [0.3, 0.4) is 0 Å². The van der Waals surface area contributed by atoms with Crippen LogP contribution in [0.4, 0.5) is 5.69 Å². The Morgan fingerprint density at radius 3 is 2.29 bits per heavy atom. The van der Waals surface area contributed by atoms with Crippen molar-refractivity contribution in [1.82, 2.24) is 0 Å². The van der Waals surface area contributed by atoms with E-state index in [2.05, 4.69) is 0 Å². The van der Waals surface area contributed by atoms with Gasteiger partial charge < -0.3 is 5.11 Å². The van der Waals surface area contributed by atoms with Gasteiger partial charge in [0.2, 0.25) is 0 Å². The standard InChI is InChI=1S/C15H14N2O3S/c1-11-9-12(10-16)3-8-15(11)21(19,20)17(2)13-4-6-14(18)7-5-13/h3-9,18H,1-2H3. The molecule has 0 saturated heterocycles. The zero-order valence-corrected chi connectivity index (χ0v) is 12.4. The monoisotopic (exact) mass is 302 g/mol. The van der Waals surface area contributed by atoms with Gasteiger partial charge in [-0.2, -0.15) is 5.26 Å². The number of hydrogen-bond acceptors (Lipinski definition) is 4. The normalized spacial score (nSPS) is 10.9. The lowest BCUT2D eigenvalue weighted by Crippen LogP contribution is -2.27. The molecule has 1 N–H and O–H groups in total. The van der Waals surface area contributed by atoms with Crippen molar-refractivity contribution in [3.8, 4) is 11.8 Å². The van der Waals surface area contributed by atoms with Crippen molar-refractivity contribution in [1.29, 1.82) is 5.26 Å². The average molecular weight is 302 g/mol. The smallest absolute Gasteiger partial charge is 0.264 e. The lowest BCUT2D eigenvalue weighted by molar-refractivity contribution is 0.475. The third-order valence-corrected chi connectivity index (χ3v) is 5.10. The predicted octanol–water partition coefficient (Wildman–Crippen LogP) is 2.40. The van der Waals surface area contributed by atoms with Crippen molar-refractivity contribution in [2.75, 3.05) is 11.4 Å². The number of nitriles is 1. The van der Waals surface area contributed by atoms with Crippen LogP contribution in [-0.2, 0) is 10.0 Å². The van der Waals surface area contributed by atoms with Gasteiger partial charge in [-0.15, -0.1) is 0 Å². The summed E-state index contributed by atoms with van der Waals surface area (Å²) in [6, 6.07) is 12.3. The van der Waals surface area contributed by atoms with Crippen LogP contribution in [0.25, 0.3) is 0 Å². The molecule has 21 heavy (non-hydrogen) atoms. The number of anilines is 1. The Balaban J connectivity index is 2.47. The van der Waals surface area contributed by atoms with Crippen LogP contribution in [0.15, 0.2) is 47.4 Å². The Bertz CT molecular complexity index is 806. The molecule has 0 aromatic heterocycles. The summed E-state index contributed by atoms with van der Waals surface area (Å²) in [5.41, 5.74) is 1.37. The van der Waals surface area contributed by atoms with Crippen LogP contribution in [0, 0.1) is 18.3 Å². The molecule has 0 aliphatic carbocycles. The number of sulfonamides is 1. The summed E-state index contributed by atoms with van der Waals surface area (Å²) < 4.78 is 26.4. The minimum absolute atomic E-state index is 0.0686. The number of hydrogen-bond donors (Lipinski definition) is 1. The van der Waals surface area contributed by atoms with Crippen LogP contribution in [-0.4, -0.2) is 20.6 Å². The molecule has 6 heteroatoms. The maximum absolute atomic E-state index is 12.6. The lowest BCUT2D eigenvalue weighted by Gasteiger charge is -2.20. The van der Waals surface area contributed by atoms with Crippen molar-refractivity contribution in [3.05, 3.63) is 53.6 Å². The SMILES string of the molecule is Cc1cc(C#N)ccc1S(=O)(=O)N(C)c1ccc(O)cc1. The first-order valence-corrected chi connectivity index (χ1v) is 7.59. The van der Waals surface area contributed by atoms with Crippen molar-refractivity contribution in [2.45, 2.75) is 11.8 Å². The molecule has 2 aromatic carbocycles. The number of aryl methyl sites for hydroxylation is 1. The highest BCUT2D eigenvalue weighted by Crippen LogP contribution is 2.26. The van der Waals surface area contributed by atoms with E-state index in [1.807, 2.05) is 6.07 Å². The summed E-state index contributed by atoms with van der Waals surface area (Å²) in [6.07, 6.45) is 0. The Kier molecular flexibility index (Phi) is 3.87. The fourth-order valence-electron chi connectivity index (χ4n) is 1.96. The molecule has 0 aliphatic rings. The minimum atomic E-state index is -3.72. The zero-order valence-electron chi connectivity index (χ0n) is 11.6. The van der Waals surface area contributed by atoms with Crippen molar-refractivity contribution < 1.29 is 13.5 Å². The van der Waals surface area contributed by atoms with Crippen molar-refractivity contribution in [3.63, 3.8) is 0 Å². The van der Waals surface area contributed by atoms with Crippen LogP contribution in [0.2, 0.25) is 0 Å². The van der Waals surface area contributed by atoms with E-state index in [4.69, 9.17) is 5.26 Å². The van der Waals surface area contributed by atoms with E-state index in [0.29, 0.717) is 16.8 Å². The van der Waals surface area contributed by atoms with Gasteiger partial charge in [0.1, 0.15) is 5.75 Å². The maximum atomic E-state index is 12.6. The van der Waals surface area contributed by atoms with E-state index in [9.17, 15) is 13.5 Å². The number of aromatic hydroxyl groups is 1. The molecule has 0 amide bonds. The highest BCUT2D eigenvalue weighted by molar-refractivity contribution is 7.92. The Morgan fingerprint density at radius 1 is 1.14 bits per heavy atom. The van der Waals surface area contributed by atoms with Gasteiger partial charge in [-0.25, -0.2) is 8.42 Å². The summed E-state index contributed by atoms with van der Waals surface area (Å²) >= 11 is 0. The molecular formula is C15H14N2O3S. The Hall–Kier alpha value is -2.52. The third kappa shape index (κ3) is 2.83. The highest BCUT2D eigenvalue weighted by atomic mass is 32.2. The summed E-state index contributed by atoms with van der Waals surface area (Å²) in [7, 11) is -2.27. The van der Waals surface area contributed by atoms with Crippen LogP contribution in [0.5, 0.6) is 5.75 Å².